The van der Waals surface area contributed by atoms with Crippen LogP contribution in [-0.2, 0) is 19.4 Å². The third kappa shape index (κ3) is 4.79. The highest BCUT2D eigenvalue weighted by Gasteiger charge is 2.18. The van der Waals surface area contributed by atoms with Gasteiger partial charge in [-0.2, -0.15) is 0 Å². The van der Waals surface area contributed by atoms with Gasteiger partial charge in [-0.3, -0.25) is 9.51 Å². The van der Waals surface area contributed by atoms with Gasteiger partial charge in [-0.1, -0.05) is 35.8 Å². The van der Waals surface area contributed by atoms with Crippen molar-refractivity contribution in [3.63, 3.8) is 0 Å². The second-order valence-corrected chi connectivity index (χ2v) is 7.85. The lowest BCUT2D eigenvalue weighted by Crippen LogP contribution is -2.07. The normalized spacial score (nSPS) is 11.0. The van der Waals surface area contributed by atoms with E-state index in [1.165, 1.54) is 0 Å². The Bertz CT molecular complexity index is 1360. The molecule has 0 saturated heterocycles. The quantitative estimate of drug-likeness (QED) is 0.427. The summed E-state index contributed by atoms with van der Waals surface area (Å²) in [6.07, 6.45) is 1.07. The molecule has 4 aromatic rings. The standard InChI is InChI=1S/C25H24FN3O4/c1-4-16-11-21(32-13-22-28-25(31)33-29-22)23(26)15(3)19(16)12-18-8-9-20(30)24(27-18)17-7-5-6-14(2)10-17/h5-11,30H,4,12-13H2,1-3H3,(H,28,29,31). The van der Waals surface area contributed by atoms with Crippen molar-refractivity contribution in [2.24, 2.45) is 0 Å². The molecule has 170 valence electrons. The molecule has 0 spiro atoms. The fraction of sp³-hybridized carbons (Fsp3) is 0.240. The van der Waals surface area contributed by atoms with Crippen molar-refractivity contribution in [1.82, 2.24) is 15.1 Å². The molecule has 7 nitrogen and oxygen atoms in total. The predicted octanol–water partition coefficient (Wildman–Crippen LogP) is 4.62. The monoisotopic (exact) mass is 449 g/mol. The molecule has 33 heavy (non-hydrogen) atoms. The van der Waals surface area contributed by atoms with Crippen molar-refractivity contribution in [1.29, 1.82) is 0 Å². The van der Waals surface area contributed by atoms with Gasteiger partial charge >= 0.3 is 5.76 Å². The first-order valence-electron chi connectivity index (χ1n) is 10.6. The molecule has 4 rings (SSSR count). The average Bonchev–Trinajstić information content (AvgIpc) is 3.22. The van der Waals surface area contributed by atoms with Gasteiger partial charge in [0, 0.05) is 17.7 Å². The van der Waals surface area contributed by atoms with Gasteiger partial charge in [-0.25, -0.2) is 14.2 Å². The highest BCUT2D eigenvalue weighted by atomic mass is 19.1. The van der Waals surface area contributed by atoms with Gasteiger partial charge < -0.3 is 9.84 Å². The fourth-order valence-electron chi connectivity index (χ4n) is 3.78. The number of halogens is 1. The van der Waals surface area contributed by atoms with Gasteiger partial charge in [-0.05, 0) is 61.2 Å². The first-order valence-corrected chi connectivity index (χ1v) is 10.6. The largest absolute Gasteiger partial charge is 0.506 e. The zero-order valence-corrected chi connectivity index (χ0v) is 18.6. The van der Waals surface area contributed by atoms with Crippen LogP contribution in [0.3, 0.4) is 0 Å². The number of hydrogen-bond acceptors (Lipinski definition) is 6. The molecular weight excluding hydrogens is 425 g/mol. The average molecular weight is 449 g/mol. The Morgan fingerprint density at radius 1 is 1.18 bits per heavy atom. The summed E-state index contributed by atoms with van der Waals surface area (Å²) >= 11 is 0. The first-order chi connectivity index (χ1) is 15.9. The Balaban J connectivity index is 1.64. The third-order valence-electron chi connectivity index (χ3n) is 5.50. The number of rotatable bonds is 7. The molecule has 2 N–H and O–H groups in total. The molecule has 2 aromatic carbocycles. The second-order valence-electron chi connectivity index (χ2n) is 7.85. The van der Waals surface area contributed by atoms with Crippen LogP contribution in [-0.4, -0.2) is 20.2 Å². The number of ether oxygens (including phenoxy) is 1. The Morgan fingerprint density at radius 2 is 2.00 bits per heavy atom. The number of aromatic hydroxyl groups is 1. The van der Waals surface area contributed by atoms with Crippen LogP contribution in [0.2, 0.25) is 0 Å². The Morgan fingerprint density at radius 3 is 2.70 bits per heavy atom. The van der Waals surface area contributed by atoms with E-state index in [-0.39, 0.29) is 23.9 Å². The van der Waals surface area contributed by atoms with E-state index in [0.717, 1.165) is 27.9 Å². The van der Waals surface area contributed by atoms with Crippen LogP contribution in [0.1, 0.15) is 40.7 Å². The number of hydrogen-bond donors (Lipinski definition) is 2. The van der Waals surface area contributed by atoms with E-state index < -0.39 is 11.6 Å². The van der Waals surface area contributed by atoms with E-state index in [9.17, 15) is 9.90 Å². The van der Waals surface area contributed by atoms with Gasteiger partial charge in [0.05, 0.1) is 0 Å². The van der Waals surface area contributed by atoms with E-state index in [1.54, 1.807) is 25.1 Å². The highest BCUT2D eigenvalue weighted by Crippen LogP contribution is 2.32. The molecular formula is C25H24FN3O4. The van der Waals surface area contributed by atoms with Crippen molar-refractivity contribution in [2.75, 3.05) is 0 Å². The maximum absolute atomic E-state index is 15.1. The van der Waals surface area contributed by atoms with Crippen molar-refractivity contribution >= 4 is 0 Å². The summed E-state index contributed by atoms with van der Waals surface area (Å²) in [5, 5.41) is 13.9. The summed E-state index contributed by atoms with van der Waals surface area (Å²) in [5.41, 5.74) is 5.31. The lowest BCUT2D eigenvalue weighted by molar-refractivity contribution is 0.271. The topological polar surface area (TPSA) is 101 Å². The van der Waals surface area contributed by atoms with Crippen LogP contribution in [0, 0.1) is 19.7 Å². The van der Waals surface area contributed by atoms with Crippen LogP contribution >= 0.6 is 0 Å². The second kappa shape index (κ2) is 9.28. The van der Waals surface area contributed by atoms with Gasteiger partial charge in [0.1, 0.15) is 18.1 Å². The Labute approximate surface area is 189 Å². The number of pyridine rings is 1. The minimum absolute atomic E-state index is 0.0797. The van der Waals surface area contributed by atoms with Crippen molar-refractivity contribution in [3.8, 4) is 22.8 Å². The molecule has 0 unspecified atom stereocenters. The summed E-state index contributed by atoms with van der Waals surface area (Å²) in [7, 11) is 0. The zero-order valence-electron chi connectivity index (χ0n) is 18.6. The van der Waals surface area contributed by atoms with Crippen molar-refractivity contribution < 1.29 is 18.8 Å². The van der Waals surface area contributed by atoms with Crippen LogP contribution in [0.4, 0.5) is 4.39 Å². The summed E-state index contributed by atoms with van der Waals surface area (Å²) in [4.78, 5) is 18.1. The number of nitrogens with one attached hydrogen (secondary N) is 1. The van der Waals surface area contributed by atoms with Crippen molar-refractivity contribution in [2.45, 2.75) is 40.2 Å². The lowest BCUT2D eigenvalue weighted by Gasteiger charge is -2.16. The maximum Gasteiger partial charge on any atom is 0.439 e. The van der Waals surface area contributed by atoms with E-state index in [1.807, 2.05) is 38.1 Å². The van der Waals surface area contributed by atoms with Crippen LogP contribution in [0.25, 0.3) is 11.3 Å². The van der Waals surface area contributed by atoms with Gasteiger partial charge in [0.25, 0.3) is 0 Å². The SMILES string of the molecule is CCc1cc(OCc2noc(=O)[nH]2)c(F)c(C)c1Cc1ccc(O)c(-c2cccc(C)c2)n1. The molecule has 8 heteroatoms. The van der Waals surface area contributed by atoms with Gasteiger partial charge in [0.2, 0.25) is 0 Å². The van der Waals surface area contributed by atoms with E-state index in [4.69, 9.17) is 4.74 Å². The van der Waals surface area contributed by atoms with Crippen LogP contribution < -0.4 is 10.5 Å². The highest BCUT2D eigenvalue weighted by molar-refractivity contribution is 5.66. The van der Waals surface area contributed by atoms with Crippen LogP contribution in [0.5, 0.6) is 11.5 Å². The molecule has 0 amide bonds. The molecule has 2 aromatic heterocycles. The maximum atomic E-state index is 15.1. The molecule has 0 saturated carbocycles. The molecule has 0 bridgehead atoms. The molecule has 0 fully saturated rings. The summed E-state index contributed by atoms with van der Waals surface area (Å²) < 4.78 is 25.1. The smallest absolute Gasteiger partial charge is 0.439 e. The van der Waals surface area contributed by atoms with Gasteiger partial charge in [0.15, 0.2) is 17.4 Å². The number of aromatic nitrogens is 3. The summed E-state index contributed by atoms with van der Waals surface area (Å²) in [6, 6.07) is 12.8. The summed E-state index contributed by atoms with van der Waals surface area (Å²) in [5.74, 6) is -0.822. The predicted molar refractivity (Wildman–Crippen MR) is 121 cm³/mol. The first kappa shape index (κ1) is 22.3. The summed E-state index contributed by atoms with van der Waals surface area (Å²) in [6.45, 7) is 5.55. The van der Waals surface area contributed by atoms with Crippen molar-refractivity contribution in [3.05, 3.63) is 92.6 Å². The minimum Gasteiger partial charge on any atom is -0.506 e. The molecule has 0 aliphatic heterocycles. The third-order valence-corrected chi connectivity index (χ3v) is 5.50. The molecule has 0 radical (unpaired) electrons. The molecule has 2 heterocycles. The van der Waals surface area contributed by atoms with E-state index in [2.05, 4.69) is 19.6 Å². The van der Waals surface area contributed by atoms with E-state index in [0.29, 0.717) is 24.1 Å². The Hall–Kier alpha value is -3.94. The number of aromatic amines is 1. The molecule has 0 aliphatic rings. The molecule has 0 atom stereocenters. The van der Waals surface area contributed by atoms with Gasteiger partial charge in [-0.15, -0.1) is 0 Å². The number of aryl methyl sites for hydroxylation is 2. The Kier molecular flexibility index (Phi) is 6.26. The number of nitrogens with zero attached hydrogens (tertiary/aromatic N) is 2. The number of H-pyrrole nitrogens is 1. The fourth-order valence-corrected chi connectivity index (χ4v) is 3.78. The minimum atomic E-state index is -0.693. The lowest BCUT2D eigenvalue weighted by atomic mass is 9.94. The van der Waals surface area contributed by atoms with Crippen LogP contribution in [0.15, 0.2) is 51.8 Å². The number of benzene rings is 2. The van der Waals surface area contributed by atoms with E-state index >= 15 is 4.39 Å². The molecule has 0 aliphatic carbocycles. The zero-order chi connectivity index (χ0) is 23.5.